The average molecular weight is 1950 g/mol. The minimum absolute atomic E-state index is 0.00218. The predicted molar refractivity (Wildman–Crippen MR) is 526 cm³/mol. The molecule has 0 aliphatic carbocycles. The molecule has 1 fully saturated rings. The van der Waals surface area contributed by atoms with Crippen molar-refractivity contribution in [3.05, 3.63) is 327 Å². The van der Waals surface area contributed by atoms with Crippen LogP contribution in [0.2, 0.25) is 0 Å². The van der Waals surface area contributed by atoms with E-state index in [0.717, 1.165) is 45.0 Å². The number of phenolic OH excluding ortho intramolecular Hbond substituents is 7. The fourth-order valence-corrected chi connectivity index (χ4v) is 14.4. The number of alkyl halides is 3. The number of aromatic nitrogens is 1. The second-order valence-corrected chi connectivity index (χ2v) is 31.7. The second-order valence-electron chi connectivity index (χ2n) is 30.8. The summed E-state index contributed by atoms with van der Waals surface area (Å²) in [7, 11) is 13.8. The third-order valence-corrected chi connectivity index (χ3v) is 22.1. The maximum atomic E-state index is 12.7. The number of phenols is 7. The molecule has 0 saturated carbocycles. The first-order chi connectivity index (χ1) is 67.9. The second kappa shape index (κ2) is 50.6. The van der Waals surface area contributed by atoms with Gasteiger partial charge in [0.1, 0.15) is 11.5 Å². The van der Waals surface area contributed by atoms with Gasteiger partial charge in [-0.3, -0.25) is 62.5 Å². The van der Waals surface area contributed by atoms with Gasteiger partial charge in [-0.1, -0.05) is 78.9 Å². The summed E-state index contributed by atoms with van der Waals surface area (Å²) in [5.74, 6) is -2.23. The number of nitrogens with two attached hydrogens (primary N) is 2. The molecule has 12 aromatic carbocycles. The third-order valence-electron chi connectivity index (χ3n) is 21.2. The van der Waals surface area contributed by atoms with Crippen LogP contribution in [0.15, 0.2) is 254 Å². The Morgan fingerprint density at radius 2 is 0.690 bits per heavy atom. The molecule has 5 amide bonds. The summed E-state index contributed by atoms with van der Waals surface area (Å²) in [6.45, 7) is 2.24. The maximum Gasteiger partial charge on any atom is 0.420 e. The molecular formula is C107H95F3N6O25S. The average Bonchev–Trinajstić information content (AvgIpc) is 1.18. The summed E-state index contributed by atoms with van der Waals surface area (Å²) in [6.07, 6.45) is 2.35. The molecule has 11 N–H and O–H groups in total. The lowest BCUT2D eigenvalue weighted by Crippen LogP contribution is -2.40. The quantitative estimate of drug-likeness (QED) is 0.0254. The minimum atomic E-state index is -4.70. The van der Waals surface area contributed by atoms with Crippen molar-refractivity contribution in [1.29, 1.82) is 0 Å². The Morgan fingerprint density at radius 1 is 0.359 bits per heavy atom. The van der Waals surface area contributed by atoms with Gasteiger partial charge in [0.2, 0.25) is 11.8 Å². The highest BCUT2D eigenvalue weighted by Crippen LogP contribution is 2.44. The van der Waals surface area contributed by atoms with Crippen molar-refractivity contribution >= 4 is 84.9 Å². The van der Waals surface area contributed by atoms with Crippen molar-refractivity contribution in [3.8, 4) is 146 Å². The first-order valence-electron chi connectivity index (χ1n) is 42.3. The molecule has 1 saturated heterocycles. The summed E-state index contributed by atoms with van der Waals surface area (Å²) in [6, 6.07) is 64.5. The van der Waals surface area contributed by atoms with Crippen molar-refractivity contribution in [1.82, 2.24) is 19.7 Å². The molecule has 14 aromatic rings. The zero-order chi connectivity index (χ0) is 104. The number of halogens is 3. The van der Waals surface area contributed by atoms with Crippen LogP contribution in [-0.4, -0.2) is 219 Å². The van der Waals surface area contributed by atoms with Crippen LogP contribution in [0.3, 0.4) is 0 Å². The molecule has 15 rings (SSSR count). The van der Waals surface area contributed by atoms with E-state index in [9.17, 15) is 106 Å². The number of aldehydes is 7. The summed E-state index contributed by atoms with van der Waals surface area (Å²) < 4.78 is 68.8. The van der Waals surface area contributed by atoms with Gasteiger partial charge in [-0.15, -0.1) is 11.3 Å². The van der Waals surface area contributed by atoms with Gasteiger partial charge < -0.3 is 90.3 Å². The van der Waals surface area contributed by atoms with Gasteiger partial charge in [-0.05, 0) is 230 Å². The van der Waals surface area contributed by atoms with Crippen LogP contribution in [0.25, 0.3) is 77.2 Å². The third kappa shape index (κ3) is 27.6. The van der Waals surface area contributed by atoms with Crippen molar-refractivity contribution < 1.29 is 135 Å². The van der Waals surface area contributed by atoms with E-state index in [1.165, 1.54) is 74.9 Å². The number of amides is 5. The molecule has 0 radical (unpaired) electrons. The lowest BCUT2D eigenvalue weighted by Gasteiger charge is -2.27. The Morgan fingerprint density at radius 3 is 1.05 bits per heavy atom. The lowest BCUT2D eigenvalue weighted by molar-refractivity contribution is -0.138. The van der Waals surface area contributed by atoms with Gasteiger partial charge in [0, 0.05) is 91.9 Å². The Bertz CT molecular complexity index is 6930. The summed E-state index contributed by atoms with van der Waals surface area (Å²) in [5, 5.41) is 69.6. The number of hydrogen-bond donors (Lipinski definition) is 9. The SMILES string of the molecule is COc1cc(-c2ccc(C(=O)N(C)C)cc2)cc(C=O)c1O.COc1cc(-c2ccc(C(N)=O)cc2)cc(C=O)c1O.COc1cc(-c2cccc(C(=O)N(C)C)c2)cc(C=O)c1O.COc1cc(-c2cccc(C(=O)N3CCOCC3)c2)cc(C=O)c1O.COc1cc(-c2cccc(C(N)=O)c2)cc(C=O)c1O.O=Cc1cc(-c2cccnc2)ccc1O.O=Cc1cc(-c2cccs2)cc(C(F)(F)F)c1O. The Kier molecular flexibility index (Phi) is 38.3. The molecule has 35 heteroatoms. The number of benzene rings is 12. The molecule has 1 aliphatic heterocycles. The largest absolute Gasteiger partial charge is 0.507 e. The standard InChI is InChI=1S/C19H19NO5.2C17H17NO4.2C15H13NO4.C12H7F3O2S.C12H9NO2/c1-24-17-11-15(10-16(12-21)18(17)22)13-3-2-4-14(9-13)19(23)20-5-7-25-8-6-20;1-18(2)17(21)12-6-4-11(5-7-12)13-8-14(10-19)16(20)15(9-13)22-3;1-18(2)17(21)12-6-4-5-11(7-12)13-8-14(10-19)16(20)15(9-13)22-3;1-20-13-7-11(6-12(8-17)14(13)18)9-2-4-10(5-3-9)15(16)19;1-20-13-7-11(6-12(8-17)14(13)18)9-3-2-4-10(5-9)15(16)19;13-12(14,15)9-5-7(10-2-1-3-18-10)4-8(6-16)11(9)17;14-8-11-6-9(3-4-12(11)15)10-2-1-5-13-7-10/h2-4,9-12,22H,5-8H2,1H3;2*4-10,20H,1-3H3;2*2-8,18H,1H3,(H2,16,19);1-6,17H;1-8,15H. The number of methoxy groups -OCH3 is 5. The van der Waals surface area contributed by atoms with Crippen LogP contribution in [0.5, 0.6) is 69.0 Å². The summed E-state index contributed by atoms with van der Waals surface area (Å²) >= 11 is 1.26. The number of morpholine rings is 1. The molecule has 31 nitrogen and oxygen atoms in total. The number of carbonyl (C=O) groups excluding carboxylic acids is 12. The van der Waals surface area contributed by atoms with E-state index in [0.29, 0.717) is 125 Å². The molecule has 2 aromatic heterocycles. The first-order valence-corrected chi connectivity index (χ1v) is 43.2. The lowest BCUT2D eigenvalue weighted by atomic mass is 9.99. The molecule has 0 unspecified atom stereocenters. The normalized spacial score (nSPS) is 11.0. The Labute approximate surface area is 815 Å². The highest BCUT2D eigenvalue weighted by atomic mass is 32.1. The van der Waals surface area contributed by atoms with E-state index < -0.39 is 29.3 Å². The van der Waals surface area contributed by atoms with Gasteiger partial charge in [-0.2, -0.15) is 13.2 Å². The van der Waals surface area contributed by atoms with Gasteiger partial charge in [0.05, 0.1) is 93.3 Å². The van der Waals surface area contributed by atoms with Crippen molar-refractivity contribution in [2.24, 2.45) is 11.5 Å². The van der Waals surface area contributed by atoms with Gasteiger partial charge in [0.15, 0.2) is 101 Å². The molecule has 0 atom stereocenters. The summed E-state index contributed by atoms with van der Waals surface area (Å²) in [5.41, 5.74) is 21.6. The molecule has 730 valence electrons. The number of carbonyl (C=O) groups is 12. The zero-order valence-corrected chi connectivity index (χ0v) is 78.4. The van der Waals surface area contributed by atoms with E-state index in [1.807, 2.05) is 24.3 Å². The van der Waals surface area contributed by atoms with Gasteiger partial charge >= 0.3 is 6.18 Å². The van der Waals surface area contributed by atoms with Crippen molar-refractivity contribution in [2.45, 2.75) is 6.18 Å². The van der Waals surface area contributed by atoms with Crippen LogP contribution < -0.4 is 35.2 Å². The Balaban J connectivity index is 0.000000186. The molecular weight excluding hydrogens is 1860 g/mol. The number of hydrogen-bond acceptors (Lipinski definition) is 27. The molecule has 0 bridgehead atoms. The van der Waals surface area contributed by atoms with Crippen molar-refractivity contribution in [2.75, 3.05) is 90.0 Å². The number of thiophene rings is 1. The van der Waals surface area contributed by atoms with E-state index in [-0.39, 0.29) is 132 Å². The molecule has 0 spiro atoms. The number of rotatable bonds is 24. The van der Waals surface area contributed by atoms with Crippen molar-refractivity contribution in [3.63, 3.8) is 0 Å². The van der Waals surface area contributed by atoms with Crippen LogP contribution in [0, 0.1) is 0 Å². The predicted octanol–water partition coefficient (Wildman–Crippen LogP) is 17.7. The van der Waals surface area contributed by atoms with Crippen LogP contribution in [-0.2, 0) is 10.9 Å². The number of pyridine rings is 1. The number of primary amides is 2. The number of ether oxygens (including phenoxy) is 6. The minimum Gasteiger partial charge on any atom is -0.507 e. The van der Waals surface area contributed by atoms with Crippen LogP contribution >= 0.6 is 11.3 Å². The number of aromatic hydroxyl groups is 7. The van der Waals surface area contributed by atoms with Crippen LogP contribution in [0.4, 0.5) is 13.2 Å². The van der Waals surface area contributed by atoms with E-state index in [2.05, 4.69) is 4.98 Å². The van der Waals surface area contributed by atoms with Gasteiger partial charge in [0.25, 0.3) is 17.7 Å². The summed E-state index contributed by atoms with van der Waals surface area (Å²) in [4.78, 5) is 145. The zero-order valence-electron chi connectivity index (χ0n) is 77.6. The highest BCUT2D eigenvalue weighted by molar-refractivity contribution is 7.13. The molecule has 3 heterocycles. The monoisotopic (exact) mass is 1950 g/mol. The molecule has 1 aliphatic rings. The maximum absolute atomic E-state index is 12.7. The van der Waals surface area contributed by atoms with Gasteiger partial charge in [-0.25, -0.2) is 0 Å². The Hall–Kier alpha value is -18.1. The fraction of sp³-hybridized carbons (Fsp3) is 0.131. The fourth-order valence-electron chi connectivity index (χ4n) is 13.7. The smallest absolute Gasteiger partial charge is 0.420 e. The topological polar surface area (TPSA) is 476 Å². The molecule has 142 heavy (non-hydrogen) atoms. The van der Waals surface area contributed by atoms with E-state index >= 15 is 0 Å². The highest BCUT2D eigenvalue weighted by Gasteiger charge is 2.36. The van der Waals surface area contributed by atoms with E-state index in [1.54, 1.807) is 239 Å². The van der Waals surface area contributed by atoms with Crippen LogP contribution in [0.1, 0.15) is 130 Å². The van der Waals surface area contributed by atoms with E-state index in [4.69, 9.17) is 39.9 Å². The number of nitrogens with zero attached hydrogens (tertiary/aromatic N) is 4. The first kappa shape index (κ1) is 108.